The van der Waals surface area contributed by atoms with Crippen LogP contribution in [-0.4, -0.2) is 161 Å². The Hall–Kier alpha value is -5.19. The van der Waals surface area contributed by atoms with Crippen LogP contribution in [0.15, 0.2) is 82.6 Å². The number of aliphatic hydroxyl groups is 4. The van der Waals surface area contributed by atoms with E-state index in [2.05, 4.69) is 101 Å². The Morgan fingerprint density at radius 3 is 1.40 bits per heavy atom. The molecule has 6 rings (SSSR count). The van der Waals surface area contributed by atoms with Crippen molar-refractivity contribution < 1.29 is 60.0 Å². The van der Waals surface area contributed by atoms with Gasteiger partial charge in [-0.1, -0.05) is 43.0 Å². The number of hydrogen-bond donors (Lipinski definition) is 12. The first-order valence-electron chi connectivity index (χ1n) is 20.1. The lowest BCUT2D eigenvalue weighted by atomic mass is 9.81. The number of aliphatic hydroxyl groups excluding tert-OH is 4. The summed E-state index contributed by atoms with van der Waals surface area (Å²) in [6.07, 6.45) is -4.53. The number of aliphatic carboxylic acids is 2. The Kier molecular flexibility index (Phi) is 23.5. The molecular formula is C44H58Cl2N6O12S. The molecule has 65 heavy (non-hydrogen) atoms. The highest BCUT2D eigenvalue weighted by molar-refractivity contribution is 7.99. The molecule has 0 saturated carbocycles. The average Bonchev–Trinajstić information content (AvgIpc) is 3.25. The van der Waals surface area contributed by atoms with Crippen molar-refractivity contribution in [3.63, 3.8) is 0 Å². The summed E-state index contributed by atoms with van der Waals surface area (Å²) in [5, 5.41) is 83.1. The molecule has 0 bridgehead atoms. The summed E-state index contributed by atoms with van der Waals surface area (Å²) in [7, 11) is 4.29. The predicted octanol–water partition coefficient (Wildman–Crippen LogP) is 3.07. The van der Waals surface area contributed by atoms with Crippen LogP contribution in [0.4, 0.5) is 22.7 Å². The molecule has 12 N–H and O–H groups in total. The number of carboxylic acid groups (broad SMARTS) is 2. The van der Waals surface area contributed by atoms with Gasteiger partial charge in [-0.3, -0.25) is 9.59 Å². The van der Waals surface area contributed by atoms with Gasteiger partial charge in [0.25, 0.3) is 0 Å². The van der Waals surface area contributed by atoms with Gasteiger partial charge in [0.15, 0.2) is 12.2 Å². The standard InChI is InChI=1S/C22H28N4O6.C18H22N2S.C4H6O6.2ClH/c27-11-9-23-5-7-25-13-1-2-14(26-8-6-24-10-12-28)18-17(13)21(31)19-15(29)3-4-16(30)20(19)22(18)32;1-14(12-19(2)3)13-20-15-8-4-6-10-17(15)21-18-11-7-5-9-16(18)20;5-1(3(7)8)2(6)4(9)10;;/h1-4,23-30H,5-12H2;4-11,14H,12-13H2,1-3H3;1-2,5-6H,(H,7,8)(H,9,10);2*1H. The molecule has 0 spiro atoms. The van der Waals surface area contributed by atoms with Gasteiger partial charge in [-0.15, -0.1) is 24.8 Å². The van der Waals surface area contributed by atoms with Crippen LogP contribution in [0.3, 0.4) is 0 Å². The number of para-hydroxylation sites is 2. The molecule has 3 atom stereocenters. The van der Waals surface area contributed by atoms with Crippen molar-refractivity contribution in [2.24, 2.45) is 5.92 Å². The number of halogens is 2. The van der Waals surface area contributed by atoms with Gasteiger partial charge < -0.3 is 71.9 Å². The summed E-state index contributed by atoms with van der Waals surface area (Å²) in [5.41, 5.74) is 3.36. The molecule has 4 aromatic rings. The van der Waals surface area contributed by atoms with Gasteiger partial charge >= 0.3 is 11.9 Å². The molecule has 0 radical (unpaired) electrons. The number of ketones is 2. The summed E-state index contributed by atoms with van der Waals surface area (Å²) in [4.78, 5) is 53.7. The summed E-state index contributed by atoms with van der Waals surface area (Å²) in [6.45, 7) is 7.29. The van der Waals surface area contributed by atoms with Crippen molar-refractivity contribution in [2.75, 3.05) is 95.2 Å². The number of rotatable bonds is 19. The number of fused-ring (bicyclic) bond motifs is 4. The van der Waals surface area contributed by atoms with Gasteiger partial charge in [0.2, 0.25) is 11.6 Å². The molecule has 1 aliphatic heterocycles. The summed E-state index contributed by atoms with van der Waals surface area (Å²) >= 11 is 1.88. The lowest BCUT2D eigenvalue weighted by Crippen LogP contribution is -2.39. The number of nitrogens with zero attached hydrogens (tertiary/aromatic N) is 2. The molecule has 1 aliphatic carbocycles. The maximum Gasteiger partial charge on any atom is 0.335 e. The highest BCUT2D eigenvalue weighted by atomic mass is 35.5. The normalized spacial score (nSPS) is 13.3. The van der Waals surface area contributed by atoms with Crippen LogP contribution in [0.2, 0.25) is 0 Å². The highest BCUT2D eigenvalue weighted by Crippen LogP contribution is 2.48. The minimum absolute atomic E-state index is 0. The van der Waals surface area contributed by atoms with Gasteiger partial charge in [-0.05, 0) is 68.5 Å². The van der Waals surface area contributed by atoms with E-state index in [1.165, 1.54) is 33.3 Å². The summed E-state index contributed by atoms with van der Waals surface area (Å²) in [5.74, 6) is -4.78. The predicted molar refractivity (Wildman–Crippen MR) is 253 cm³/mol. The van der Waals surface area contributed by atoms with Gasteiger partial charge in [-0.25, -0.2) is 9.59 Å². The van der Waals surface area contributed by atoms with Crippen molar-refractivity contribution in [1.82, 2.24) is 15.5 Å². The Morgan fingerprint density at radius 1 is 0.631 bits per heavy atom. The molecule has 18 nitrogen and oxygen atoms in total. The zero-order valence-corrected chi connectivity index (χ0v) is 38.5. The molecule has 4 aromatic carbocycles. The fraction of sp³-hybridized carbons (Fsp3) is 0.364. The van der Waals surface area contributed by atoms with Crippen LogP contribution in [-0.2, 0) is 9.59 Å². The quantitative estimate of drug-likeness (QED) is 0.0418. The number of phenolic OH excluding ortho intramolecular Hbond substituents is 2. The summed E-state index contributed by atoms with van der Waals surface area (Å²) < 4.78 is 0. The number of carbonyl (C=O) groups is 4. The van der Waals surface area contributed by atoms with Crippen LogP contribution in [0.1, 0.15) is 38.8 Å². The van der Waals surface area contributed by atoms with Crippen LogP contribution in [0.5, 0.6) is 11.5 Å². The molecule has 1 heterocycles. The van der Waals surface area contributed by atoms with E-state index in [9.17, 15) is 29.4 Å². The number of carboxylic acids is 2. The second kappa shape index (κ2) is 27.3. The topological polar surface area (TPSA) is 285 Å². The van der Waals surface area contributed by atoms with E-state index in [1.54, 1.807) is 12.1 Å². The minimum Gasteiger partial charge on any atom is -0.507 e. The lowest BCUT2D eigenvalue weighted by molar-refractivity contribution is -0.165. The van der Waals surface area contributed by atoms with Crippen LogP contribution >= 0.6 is 36.6 Å². The van der Waals surface area contributed by atoms with Crippen LogP contribution in [0.25, 0.3) is 0 Å². The van der Waals surface area contributed by atoms with E-state index in [0.29, 0.717) is 56.6 Å². The lowest BCUT2D eigenvalue weighted by Gasteiger charge is -2.35. The van der Waals surface area contributed by atoms with Crippen LogP contribution < -0.4 is 26.2 Å². The first-order valence-corrected chi connectivity index (χ1v) is 21.0. The highest BCUT2D eigenvalue weighted by Gasteiger charge is 2.38. The molecule has 3 unspecified atom stereocenters. The van der Waals surface area contributed by atoms with Gasteiger partial charge in [0, 0.05) is 73.5 Å². The van der Waals surface area contributed by atoms with E-state index < -0.39 is 35.7 Å². The molecule has 21 heteroatoms. The first-order chi connectivity index (χ1) is 30.1. The maximum atomic E-state index is 13.4. The Morgan fingerprint density at radius 2 is 1.03 bits per heavy atom. The van der Waals surface area contributed by atoms with E-state index in [-0.39, 0.29) is 71.8 Å². The minimum atomic E-state index is -2.27. The third-order valence-electron chi connectivity index (χ3n) is 9.59. The van der Waals surface area contributed by atoms with Crippen molar-refractivity contribution in [3.05, 3.63) is 95.1 Å². The monoisotopic (exact) mass is 964 g/mol. The molecule has 0 aromatic heterocycles. The smallest absolute Gasteiger partial charge is 0.335 e. The fourth-order valence-electron chi connectivity index (χ4n) is 6.88. The second-order valence-electron chi connectivity index (χ2n) is 14.8. The molecule has 0 saturated heterocycles. The number of carbonyl (C=O) groups excluding carboxylic acids is 2. The van der Waals surface area contributed by atoms with Gasteiger partial charge in [-0.2, -0.15) is 0 Å². The maximum absolute atomic E-state index is 13.4. The van der Waals surface area contributed by atoms with E-state index in [4.69, 9.17) is 30.6 Å². The molecule has 356 valence electrons. The molecule has 0 amide bonds. The number of anilines is 4. The van der Waals surface area contributed by atoms with Crippen molar-refractivity contribution in [1.29, 1.82) is 0 Å². The van der Waals surface area contributed by atoms with Crippen LogP contribution in [0, 0.1) is 5.92 Å². The van der Waals surface area contributed by atoms with Crippen molar-refractivity contribution in [2.45, 2.75) is 28.9 Å². The Labute approximate surface area is 393 Å². The van der Waals surface area contributed by atoms with Gasteiger partial charge in [0.05, 0.1) is 46.8 Å². The fourth-order valence-corrected chi connectivity index (χ4v) is 7.98. The number of aromatic hydroxyl groups is 2. The Bertz CT molecular complexity index is 2080. The number of nitrogens with one attached hydrogen (secondary N) is 4. The third kappa shape index (κ3) is 14.9. The summed E-state index contributed by atoms with van der Waals surface area (Å²) in [6, 6.07) is 23.2. The number of phenols is 2. The van der Waals surface area contributed by atoms with E-state index >= 15 is 0 Å². The van der Waals surface area contributed by atoms with E-state index in [0.717, 1.165) is 13.1 Å². The Balaban J connectivity index is 0.000000378. The zero-order chi connectivity index (χ0) is 46.2. The molecule has 2 aliphatic rings. The second-order valence-corrected chi connectivity index (χ2v) is 15.9. The molecule has 0 fully saturated rings. The van der Waals surface area contributed by atoms with Crippen molar-refractivity contribution >= 4 is 82.8 Å². The first kappa shape index (κ1) is 55.9. The van der Waals surface area contributed by atoms with Crippen molar-refractivity contribution in [3.8, 4) is 11.5 Å². The van der Waals surface area contributed by atoms with Gasteiger partial charge in [0.1, 0.15) is 11.5 Å². The number of benzene rings is 4. The third-order valence-corrected chi connectivity index (χ3v) is 10.7. The van der Waals surface area contributed by atoms with E-state index in [1.807, 2.05) is 11.8 Å². The largest absolute Gasteiger partial charge is 0.507 e. The molecular weight excluding hydrogens is 907 g/mol. The SMILES string of the molecule is CC(CN(C)C)CN1c2ccccc2Sc2ccccc21.Cl.Cl.O=C(O)C(O)C(O)C(=O)O.O=C1c2c(O)ccc(O)c2C(=O)c2c(NCCNCCO)ccc(NCCNCCO)c21. The number of hydrogen-bond acceptors (Lipinski definition) is 17. The zero-order valence-electron chi connectivity index (χ0n) is 36.1. The average molecular weight is 966 g/mol.